The lowest BCUT2D eigenvalue weighted by atomic mass is 10.1. The molecular formula is C20H16N4O2S. The summed E-state index contributed by atoms with van der Waals surface area (Å²) in [6, 6.07) is 22.2. The van der Waals surface area contributed by atoms with Crippen LogP contribution in [0.1, 0.15) is 0 Å². The second kappa shape index (κ2) is 7.05. The van der Waals surface area contributed by atoms with Crippen LogP contribution in [0.2, 0.25) is 0 Å². The van der Waals surface area contributed by atoms with E-state index in [-0.39, 0.29) is 10.8 Å². The zero-order chi connectivity index (χ0) is 18.7. The van der Waals surface area contributed by atoms with Crippen LogP contribution in [0.25, 0.3) is 10.8 Å². The molecular weight excluding hydrogens is 360 g/mol. The van der Waals surface area contributed by atoms with Gasteiger partial charge in [0.15, 0.2) is 0 Å². The fourth-order valence-corrected chi connectivity index (χ4v) is 3.70. The van der Waals surface area contributed by atoms with E-state index in [0.717, 1.165) is 22.1 Å². The molecule has 27 heavy (non-hydrogen) atoms. The molecule has 134 valence electrons. The Bertz CT molecular complexity index is 1170. The van der Waals surface area contributed by atoms with E-state index >= 15 is 0 Å². The molecule has 0 spiro atoms. The van der Waals surface area contributed by atoms with Gasteiger partial charge in [-0.2, -0.15) is 0 Å². The number of rotatable bonds is 5. The molecule has 6 nitrogen and oxygen atoms in total. The lowest BCUT2D eigenvalue weighted by Crippen LogP contribution is -2.14. The predicted octanol–water partition coefficient (Wildman–Crippen LogP) is 4.17. The Kier molecular flexibility index (Phi) is 4.43. The largest absolute Gasteiger partial charge is 0.355 e. The van der Waals surface area contributed by atoms with Gasteiger partial charge in [0, 0.05) is 29.2 Å². The number of anilines is 3. The summed E-state index contributed by atoms with van der Waals surface area (Å²) in [5, 5.41) is 5.57. The normalized spacial score (nSPS) is 11.3. The third-order valence-electron chi connectivity index (χ3n) is 4.02. The highest BCUT2D eigenvalue weighted by atomic mass is 32.2. The monoisotopic (exact) mass is 376 g/mol. The van der Waals surface area contributed by atoms with Gasteiger partial charge < -0.3 is 5.32 Å². The number of aromatic nitrogens is 2. The summed E-state index contributed by atoms with van der Waals surface area (Å²) >= 11 is 0. The number of fused-ring (bicyclic) bond motifs is 1. The van der Waals surface area contributed by atoms with Crippen LogP contribution in [-0.4, -0.2) is 18.4 Å². The lowest BCUT2D eigenvalue weighted by molar-refractivity contribution is 0.601. The number of benzene rings is 3. The third kappa shape index (κ3) is 3.73. The van der Waals surface area contributed by atoms with E-state index in [4.69, 9.17) is 0 Å². The third-order valence-corrected chi connectivity index (χ3v) is 5.37. The zero-order valence-corrected chi connectivity index (χ0v) is 15.0. The van der Waals surface area contributed by atoms with Crippen LogP contribution < -0.4 is 10.0 Å². The van der Waals surface area contributed by atoms with Crippen molar-refractivity contribution in [3.8, 4) is 0 Å². The highest BCUT2D eigenvalue weighted by molar-refractivity contribution is 7.92. The van der Waals surface area contributed by atoms with Gasteiger partial charge in [-0.3, -0.25) is 0 Å². The Hall–Kier alpha value is -3.45. The summed E-state index contributed by atoms with van der Waals surface area (Å²) < 4.78 is 27.2. The molecule has 0 bridgehead atoms. The van der Waals surface area contributed by atoms with Crippen LogP contribution in [0.4, 0.5) is 17.3 Å². The molecule has 0 unspecified atom stereocenters. The van der Waals surface area contributed by atoms with Gasteiger partial charge in [0.25, 0.3) is 10.0 Å². The number of nitrogens with one attached hydrogen (secondary N) is 2. The van der Waals surface area contributed by atoms with Crippen molar-refractivity contribution >= 4 is 38.1 Å². The number of hydrogen-bond acceptors (Lipinski definition) is 5. The molecule has 0 aliphatic heterocycles. The molecule has 3 aromatic carbocycles. The van der Waals surface area contributed by atoms with Crippen molar-refractivity contribution in [3.63, 3.8) is 0 Å². The van der Waals surface area contributed by atoms with Crippen LogP contribution in [-0.2, 0) is 10.0 Å². The van der Waals surface area contributed by atoms with Crippen molar-refractivity contribution in [2.24, 2.45) is 0 Å². The van der Waals surface area contributed by atoms with Crippen LogP contribution >= 0.6 is 0 Å². The molecule has 0 fully saturated rings. The minimum absolute atomic E-state index is 0.0375. The summed E-state index contributed by atoms with van der Waals surface area (Å²) in [5.41, 5.74) is 1.75. The van der Waals surface area contributed by atoms with E-state index < -0.39 is 10.0 Å². The topological polar surface area (TPSA) is 84.0 Å². The first-order valence-corrected chi connectivity index (χ1v) is 9.75. The Balaban J connectivity index is 1.57. The molecule has 0 aliphatic carbocycles. The van der Waals surface area contributed by atoms with E-state index in [9.17, 15) is 8.42 Å². The number of nitrogens with zero attached hydrogens (tertiary/aromatic N) is 2. The average Bonchev–Trinajstić information content (AvgIpc) is 2.69. The van der Waals surface area contributed by atoms with Crippen LogP contribution in [0.3, 0.4) is 0 Å². The van der Waals surface area contributed by atoms with Crippen molar-refractivity contribution in [1.82, 2.24) is 9.97 Å². The Morgan fingerprint density at radius 2 is 1.44 bits per heavy atom. The summed E-state index contributed by atoms with van der Waals surface area (Å²) in [7, 11) is -3.74. The quantitative estimate of drug-likeness (QED) is 0.546. The Morgan fingerprint density at radius 1 is 0.741 bits per heavy atom. The minimum atomic E-state index is -3.74. The molecule has 0 saturated carbocycles. The average molecular weight is 376 g/mol. The van der Waals surface area contributed by atoms with Gasteiger partial charge >= 0.3 is 0 Å². The first-order chi connectivity index (χ1) is 13.1. The van der Waals surface area contributed by atoms with E-state index in [1.54, 1.807) is 30.3 Å². The fourth-order valence-electron chi connectivity index (χ4n) is 2.74. The second-order valence-electron chi connectivity index (χ2n) is 5.85. The lowest BCUT2D eigenvalue weighted by Gasteiger charge is -2.11. The summed E-state index contributed by atoms with van der Waals surface area (Å²) in [4.78, 5) is 7.89. The standard InChI is InChI=1S/C20H16N4O2S/c25-27(26,24-20-21-13-4-14-22-20)17-11-9-16(10-12-17)23-19-8-3-6-15-5-1-2-7-18(15)19/h1-14,23H,(H,21,22,24). The molecule has 4 aromatic rings. The van der Waals surface area contributed by atoms with Gasteiger partial charge in [-0.25, -0.2) is 23.1 Å². The molecule has 0 radical (unpaired) electrons. The molecule has 1 aromatic heterocycles. The maximum Gasteiger partial charge on any atom is 0.264 e. The van der Waals surface area contributed by atoms with Gasteiger partial charge in [0.2, 0.25) is 5.95 Å². The minimum Gasteiger partial charge on any atom is -0.355 e. The first-order valence-electron chi connectivity index (χ1n) is 8.26. The first kappa shape index (κ1) is 17.0. The van der Waals surface area contributed by atoms with Gasteiger partial charge in [-0.1, -0.05) is 36.4 Å². The highest BCUT2D eigenvalue weighted by Crippen LogP contribution is 2.27. The van der Waals surface area contributed by atoms with Crippen molar-refractivity contribution < 1.29 is 8.42 Å². The van der Waals surface area contributed by atoms with E-state index in [1.165, 1.54) is 12.4 Å². The van der Waals surface area contributed by atoms with E-state index in [0.29, 0.717) is 0 Å². The second-order valence-corrected chi connectivity index (χ2v) is 7.54. The molecule has 4 rings (SSSR count). The van der Waals surface area contributed by atoms with Crippen LogP contribution in [0.5, 0.6) is 0 Å². The maximum absolute atomic E-state index is 12.4. The Morgan fingerprint density at radius 3 is 2.22 bits per heavy atom. The predicted molar refractivity (Wildman–Crippen MR) is 107 cm³/mol. The van der Waals surface area contributed by atoms with Crippen molar-refractivity contribution in [3.05, 3.63) is 85.2 Å². The van der Waals surface area contributed by atoms with Gasteiger partial charge in [-0.15, -0.1) is 0 Å². The maximum atomic E-state index is 12.4. The fraction of sp³-hybridized carbons (Fsp3) is 0. The van der Waals surface area contributed by atoms with Gasteiger partial charge in [-0.05, 0) is 41.8 Å². The summed E-state index contributed by atoms with van der Waals surface area (Å²) in [5.74, 6) is 0.0375. The summed E-state index contributed by atoms with van der Waals surface area (Å²) in [6.45, 7) is 0. The van der Waals surface area contributed by atoms with Crippen molar-refractivity contribution in [2.45, 2.75) is 4.90 Å². The molecule has 0 aliphatic rings. The smallest absolute Gasteiger partial charge is 0.264 e. The highest BCUT2D eigenvalue weighted by Gasteiger charge is 2.15. The van der Waals surface area contributed by atoms with Crippen molar-refractivity contribution in [2.75, 3.05) is 10.0 Å². The zero-order valence-electron chi connectivity index (χ0n) is 14.2. The van der Waals surface area contributed by atoms with Gasteiger partial charge in [0.1, 0.15) is 0 Å². The molecule has 0 amide bonds. The van der Waals surface area contributed by atoms with E-state index in [1.807, 2.05) is 42.5 Å². The van der Waals surface area contributed by atoms with Crippen LogP contribution in [0, 0.1) is 0 Å². The SMILES string of the molecule is O=S(=O)(Nc1ncccn1)c1ccc(Nc2cccc3ccccc23)cc1. The molecule has 7 heteroatoms. The summed E-state index contributed by atoms with van der Waals surface area (Å²) in [6.07, 6.45) is 2.95. The van der Waals surface area contributed by atoms with Gasteiger partial charge in [0.05, 0.1) is 4.90 Å². The molecule has 1 heterocycles. The number of sulfonamides is 1. The Labute approximate surface area is 157 Å². The van der Waals surface area contributed by atoms with Crippen molar-refractivity contribution in [1.29, 1.82) is 0 Å². The molecule has 2 N–H and O–H groups in total. The van der Waals surface area contributed by atoms with E-state index in [2.05, 4.69) is 20.0 Å². The molecule has 0 atom stereocenters. The molecule has 0 saturated heterocycles. The van der Waals surface area contributed by atoms with Crippen LogP contribution in [0.15, 0.2) is 90.1 Å². The number of hydrogen-bond donors (Lipinski definition) is 2.